The van der Waals surface area contributed by atoms with Crippen LogP contribution in [0.2, 0.25) is 0 Å². The summed E-state index contributed by atoms with van der Waals surface area (Å²) in [6.45, 7) is 0. The molecule has 166 valence electrons. The SMILES string of the molecule is CN(c1nc(C(=O)Nc2ccccn2)c(O)c(=O)n1C)C(c1ccccc1)c1ccccc1. The van der Waals surface area contributed by atoms with E-state index in [0.717, 1.165) is 11.1 Å². The van der Waals surface area contributed by atoms with Gasteiger partial charge in [-0.15, -0.1) is 0 Å². The Morgan fingerprint density at radius 3 is 2.09 bits per heavy atom. The number of anilines is 2. The second-order valence-electron chi connectivity index (χ2n) is 7.48. The number of carbonyl (C=O) groups excluding carboxylic acids is 1. The normalized spacial score (nSPS) is 10.8. The van der Waals surface area contributed by atoms with Crippen LogP contribution in [0.3, 0.4) is 0 Å². The van der Waals surface area contributed by atoms with Crippen LogP contribution in [0, 0.1) is 0 Å². The number of rotatable bonds is 6. The molecular formula is C25H23N5O3. The molecule has 2 heterocycles. The predicted octanol–water partition coefficient (Wildman–Crippen LogP) is 3.36. The van der Waals surface area contributed by atoms with Gasteiger partial charge in [-0.3, -0.25) is 14.2 Å². The minimum atomic E-state index is -0.727. The van der Waals surface area contributed by atoms with Crippen molar-refractivity contribution < 1.29 is 9.90 Å². The molecule has 0 atom stereocenters. The monoisotopic (exact) mass is 441 g/mol. The van der Waals surface area contributed by atoms with Gasteiger partial charge in [-0.1, -0.05) is 66.7 Å². The highest BCUT2D eigenvalue weighted by molar-refractivity contribution is 6.04. The molecule has 2 aromatic carbocycles. The third-order valence-electron chi connectivity index (χ3n) is 5.30. The number of amides is 1. The molecule has 0 bridgehead atoms. The van der Waals surface area contributed by atoms with Gasteiger partial charge in [0, 0.05) is 20.3 Å². The lowest BCUT2D eigenvalue weighted by Crippen LogP contribution is -2.34. The van der Waals surface area contributed by atoms with Gasteiger partial charge in [0.15, 0.2) is 5.69 Å². The first-order valence-corrected chi connectivity index (χ1v) is 10.3. The van der Waals surface area contributed by atoms with Crippen LogP contribution in [0.1, 0.15) is 27.7 Å². The Hall–Kier alpha value is -4.46. The van der Waals surface area contributed by atoms with Crippen LogP contribution >= 0.6 is 0 Å². The van der Waals surface area contributed by atoms with Gasteiger partial charge in [0.1, 0.15) is 5.82 Å². The Kier molecular flexibility index (Phi) is 6.17. The van der Waals surface area contributed by atoms with Gasteiger partial charge in [0.2, 0.25) is 11.7 Å². The van der Waals surface area contributed by atoms with E-state index in [2.05, 4.69) is 15.3 Å². The molecule has 8 nitrogen and oxygen atoms in total. The Morgan fingerprint density at radius 2 is 1.55 bits per heavy atom. The average Bonchev–Trinajstić information content (AvgIpc) is 2.85. The lowest BCUT2D eigenvalue weighted by Gasteiger charge is -2.31. The summed E-state index contributed by atoms with van der Waals surface area (Å²) in [5, 5.41) is 13.0. The highest BCUT2D eigenvalue weighted by atomic mass is 16.3. The molecule has 4 rings (SSSR count). The fourth-order valence-electron chi connectivity index (χ4n) is 3.69. The second kappa shape index (κ2) is 9.35. The van der Waals surface area contributed by atoms with E-state index in [0.29, 0.717) is 0 Å². The van der Waals surface area contributed by atoms with Crippen molar-refractivity contribution in [3.63, 3.8) is 0 Å². The van der Waals surface area contributed by atoms with E-state index in [-0.39, 0.29) is 23.5 Å². The fourth-order valence-corrected chi connectivity index (χ4v) is 3.69. The number of pyridine rings is 1. The lowest BCUT2D eigenvalue weighted by molar-refractivity contribution is 0.101. The second-order valence-corrected chi connectivity index (χ2v) is 7.48. The summed E-state index contributed by atoms with van der Waals surface area (Å²) >= 11 is 0. The molecular weight excluding hydrogens is 418 g/mol. The number of carbonyl (C=O) groups is 1. The summed E-state index contributed by atoms with van der Waals surface area (Å²) in [4.78, 5) is 35.9. The van der Waals surface area contributed by atoms with Crippen LogP contribution in [-0.4, -0.2) is 32.6 Å². The summed E-state index contributed by atoms with van der Waals surface area (Å²) in [7, 11) is 3.30. The van der Waals surface area contributed by atoms with E-state index < -0.39 is 17.2 Å². The molecule has 0 unspecified atom stereocenters. The molecule has 0 aliphatic carbocycles. The van der Waals surface area contributed by atoms with Crippen LogP contribution in [0.25, 0.3) is 0 Å². The zero-order chi connectivity index (χ0) is 23.4. The first-order valence-electron chi connectivity index (χ1n) is 10.3. The van der Waals surface area contributed by atoms with E-state index in [1.807, 2.05) is 65.6 Å². The van der Waals surface area contributed by atoms with Gasteiger partial charge in [0.05, 0.1) is 6.04 Å². The Labute approximate surface area is 190 Å². The third kappa shape index (κ3) is 4.45. The van der Waals surface area contributed by atoms with E-state index in [1.165, 1.54) is 17.8 Å². The number of aromatic hydroxyl groups is 1. The third-order valence-corrected chi connectivity index (χ3v) is 5.30. The Morgan fingerprint density at radius 1 is 0.970 bits per heavy atom. The maximum absolute atomic E-state index is 12.8. The molecule has 2 N–H and O–H groups in total. The molecule has 0 spiro atoms. The largest absolute Gasteiger partial charge is 0.501 e. The van der Waals surface area contributed by atoms with Crippen LogP contribution in [0.15, 0.2) is 89.9 Å². The molecule has 0 radical (unpaired) electrons. The van der Waals surface area contributed by atoms with Crippen LogP contribution < -0.4 is 15.8 Å². The van der Waals surface area contributed by atoms with Crippen molar-refractivity contribution in [3.8, 4) is 5.75 Å². The summed E-state index contributed by atoms with van der Waals surface area (Å²) in [5.41, 5.74) is 0.865. The van der Waals surface area contributed by atoms with Crippen LogP contribution in [-0.2, 0) is 7.05 Å². The van der Waals surface area contributed by atoms with E-state index in [1.54, 1.807) is 25.2 Å². The quantitative estimate of drug-likeness (QED) is 0.476. The van der Waals surface area contributed by atoms with Crippen molar-refractivity contribution in [2.45, 2.75) is 6.04 Å². The van der Waals surface area contributed by atoms with Crippen molar-refractivity contribution in [3.05, 3.63) is 112 Å². The van der Waals surface area contributed by atoms with Gasteiger partial charge in [0.25, 0.3) is 11.5 Å². The van der Waals surface area contributed by atoms with Crippen molar-refractivity contribution in [2.24, 2.45) is 7.05 Å². The first-order chi connectivity index (χ1) is 16.0. The van der Waals surface area contributed by atoms with Gasteiger partial charge in [-0.2, -0.15) is 0 Å². The number of nitrogens with one attached hydrogen (secondary N) is 1. The molecule has 0 saturated carbocycles. The maximum Gasteiger partial charge on any atom is 0.297 e. The number of hydrogen-bond acceptors (Lipinski definition) is 6. The molecule has 33 heavy (non-hydrogen) atoms. The number of benzene rings is 2. The molecule has 0 fully saturated rings. The molecule has 0 saturated heterocycles. The zero-order valence-corrected chi connectivity index (χ0v) is 18.2. The molecule has 4 aromatic rings. The summed E-state index contributed by atoms with van der Waals surface area (Å²) in [5.74, 6) is -0.944. The molecule has 1 amide bonds. The smallest absolute Gasteiger partial charge is 0.297 e. The fraction of sp³-hybridized carbons (Fsp3) is 0.120. The van der Waals surface area contributed by atoms with Crippen molar-refractivity contribution >= 4 is 17.7 Å². The van der Waals surface area contributed by atoms with Crippen molar-refractivity contribution in [1.82, 2.24) is 14.5 Å². The number of nitrogens with zero attached hydrogens (tertiary/aromatic N) is 4. The summed E-state index contributed by atoms with van der Waals surface area (Å²) in [6.07, 6.45) is 1.52. The highest BCUT2D eigenvalue weighted by Crippen LogP contribution is 2.31. The minimum Gasteiger partial charge on any atom is -0.501 e. The van der Waals surface area contributed by atoms with Gasteiger partial charge < -0.3 is 15.3 Å². The van der Waals surface area contributed by atoms with Crippen LogP contribution in [0.4, 0.5) is 11.8 Å². The number of hydrogen-bond donors (Lipinski definition) is 2. The highest BCUT2D eigenvalue weighted by Gasteiger charge is 2.27. The Balaban J connectivity index is 1.80. The van der Waals surface area contributed by atoms with E-state index in [4.69, 9.17) is 0 Å². The van der Waals surface area contributed by atoms with Crippen molar-refractivity contribution in [2.75, 3.05) is 17.3 Å². The average molecular weight is 441 g/mol. The summed E-state index contributed by atoms with van der Waals surface area (Å²) < 4.78 is 1.23. The van der Waals surface area contributed by atoms with E-state index >= 15 is 0 Å². The molecule has 8 heteroatoms. The lowest BCUT2D eigenvalue weighted by atomic mass is 9.97. The maximum atomic E-state index is 12.8. The van der Waals surface area contributed by atoms with Gasteiger partial charge in [-0.25, -0.2) is 9.97 Å². The van der Waals surface area contributed by atoms with Gasteiger partial charge >= 0.3 is 0 Å². The van der Waals surface area contributed by atoms with Crippen LogP contribution in [0.5, 0.6) is 5.75 Å². The zero-order valence-electron chi connectivity index (χ0n) is 18.2. The Bertz CT molecular complexity index is 1270. The van der Waals surface area contributed by atoms with Crippen molar-refractivity contribution in [1.29, 1.82) is 0 Å². The van der Waals surface area contributed by atoms with Gasteiger partial charge in [-0.05, 0) is 23.3 Å². The molecule has 0 aliphatic heterocycles. The first kappa shape index (κ1) is 21.8. The standard InChI is InChI=1S/C25H23N5O3/c1-29(21(17-11-5-3-6-12-17)18-13-7-4-8-14-18)25-28-20(22(31)24(33)30(25)2)23(32)27-19-15-9-10-16-26-19/h3-16,21,31H,1-2H3,(H,26,27,32). The van der Waals surface area contributed by atoms with E-state index in [9.17, 15) is 14.7 Å². The summed E-state index contributed by atoms with van der Waals surface area (Å²) in [6, 6.07) is 24.3. The number of aromatic nitrogens is 3. The molecule has 2 aromatic heterocycles. The predicted molar refractivity (Wildman–Crippen MR) is 126 cm³/mol. The minimum absolute atomic E-state index is 0.224. The molecule has 0 aliphatic rings. The topological polar surface area (TPSA) is 100 Å².